The fraction of sp³-hybridized carbons (Fsp3) is 0.273. The summed E-state index contributed by atoms with van der Waals surface area (Å²) < 4.78 is 7.40. The Balaban J connectivity index is 1.99. The van der Waals surface area contributed by atoms with Gasteiger partial charge in [0.1, 0.15) is 11.5 Å². The summed E-state index contributed by atoms with van der Waals surface area (Å²) in [6.07, 6.45) is 6.61. The fourth-order valence-electron chi connectivity index (χ4n) is 1.48. The molecule has 2 aromatic rings. The minimum atomic E-state index is 0.606. The summed E-state index contributed by atoms with van der Waals surface area (Å²) >= 11 is 0. The second kappa shape index (κ2) is 4.13. The Morgan fingerprint density at radius 3 is 2.93 bits per heavy atom. The Morgan fingerprint density at radius 1 is 1.47 bits per heavy atom. The van der Waals surface area contributed by atoms with Crippen LogP contribution in [0.15, 0.2) is 29.1 Å². The van der Waals surface area contributed by atoms with Crippen molar-refractivity contribution in [3.63, 3.8) is 0 Å². The van der Waals surface area contributed by atoms with E-state index in [-0.39, 0.29) is 0 Å². The van der Waals surface area contributed by atoms with Crippen LogP contribution >= 0.6 is 0 Å². The van der Waals surface area contributed by atoms with Crippen LogP contribution in [-0.4, -0.2) is 15.8 Å². The van der Waals surface area contributed by atoms with E-state index in [2.05, 4.69) is 4.98 Å². The lowest BCUT2D eigenvalue weighted by Gasteiger charge is -1.99. The van der Waals surface area contributed by atoms with E-state index in [4.69, 9.17) is 9.83 Å². The second-order valence-electron chi connectivity index (χ2n) is 3.44. The average Bonchev–Trinajstić information content (AvgIpc) is 2.84. The van der Waals surface area contributed by atoms with Crippen LogP contribution in [0.4, 0.5) is 0 Å². The Bertz CT molecular complexity index is 456. The number of aryl methyl sites for hydroxylation is 3. The van der Waals surface area contributed by atoms with Crippen molar-refractivity contribution < 1.29 is 4.42 Å². The Morgan fingerprint density at radius 2 is 2.33 bits per heavy atom. The highest BCUT2D eigenvalue weighted by Crippen LogP contribution is 2.09. The van der Waals surface area contributed by atoms with Crippen molar-refractivity contribution in [3.8, 4) is 0 Å². The Hall–Kier alpha value is -1.84. The molecule has 0 radical (unpaired) electrons. The predicted octanol–water partition coefficient (Wildman–Crippen LogP) is 1.80. The largest absolute Gasteiger partial charge is 0.460 e. The molecule has 0 bridgehead atoms. The van der Waals surface area contributed by atoms with Gasteiger partial charge in [-0.3, -0.25) is 0 Å². The maximum absolute atomic E-state index is 7.03. The molecule has 0 saturated heterocycles. The maximum Gasteiger partial charge on any atom is 0.144 e. The van der Waals surface area contributed by atoms with E-state index < -0.39 is 0 Å². The number of hydrogen-bond acceptors (Lipinski definition) is 3. The molecule has 0 fully saturated rings. The van der Waals surface area contributed by atoms with Gasteiger partial charge in [-0.05, 0) is 18.6 Å². The van der Waals surface area contributed by atoms with Crippen molar-refractivity contribution in [2.24, 2.45) is 7.05 Å². The molecule has 0 unspecified atom stereocenters. The first-order valence-electron chi connectivity index (χ1n) is 4.84. The minimum Gasteiger partial charge on any atom is -0.460 e. The molecule has 0 aliphatic carbocycles. The van der Waals surface area contributed by atoms with E-state index in [9.17, 15) is 0 Å². The molecule has 2 aromatic heterocycles. The number of nitrogens with zero attached hydrogens (tertiary/aromatic N) is 2. The molecule has 2 rings (SSSR count). The van der Waals surface area contributed by atoms with Gasteiger partial charge in [-0.15, -0.1) is 0 Å². The molecule has 4 nitrogen and oxygen atoms in total. The zero-order valence-corrected chi connectivity index (χ0v) is 8.60. The summed E-state index contributed by atoms with van der Waals surface area (Å²) in [6.45, 7) is 0. The highest BCUT2D eigenvalue weighted by atomic mass is 16.3. The maximum atomic E-state index is 7.03. The van der Waals surface area contributed by atoms with E-state index in [1.807, 2.05) is 29.9 Å². The van der Waals surface area contributed by atoms with Crippen molar-refractivity contribution in [3.05, 3.63) is 41.9 Å². The van der Waals surface area contributed by atoms with Crippen LogP contribution in [-0.2, 0) is 19.9 Å². The quantitative estimate of drug-likeness (QED) is 0.770. The van der Waals surface area contributed by atoms with Gasteiger partial charge < -0.3 is 14.4 Å². The molecule has 0 aromatic carbocycles. The zero-order chi connectivity index (χ0) is 10.7. The van der Waals surface area contributed by atoms with Crippen molar-refractivity contribution in [2.45, 2.75) is 12.8 Å². The van der Waals surface area contributed by atoms with Crippen molar-refractivity contribution in [1.29, 1.82) is 5.41 Å². The first-order chi connectivity index (χ1) is 7.29. The molecule has 0 aliphatic rings. The van der Waals surface area contributed by atoms with Crippen LogP contribution in [0.2, 0.25) is 0 Å². The van der Waals surface area contributed by atoms with Crippen LogP contribution in [0.1, 0.15) is 17.2 Å². The van der Waals surface area contributed by atoms with Gasteiger partial charge in [-0.25, -0.2) is 4.98 Å². The number of rotatable bonds is 4. The lowest BCUT2D eigenvalue weighted by atomic mass is 10.2. The first kappa shape index (κ1) is 9.71. The van der Waals surface area contributed by atoms with E-state index in [0.29, 0.717) is 5.76 Å². The van der Waals surface area contributed by atoms with Crippen molar-refractivity contribution in [1.82, 2.24) is 9.55 Å². The predicted molar refractivity (Wildman–Crippen MR) is 57.2 cm³/mol. The van der Waals surface area contributed by atoms with E-state index >= 15 is 0 Å². The third-order valence-electron chi connectivity index (χ3n) is 2.37. The average molecular weight is 203 g/mol. The van der Waals surface area contributed by atoms with Crippen LogP contribution in [0.5, 0.6) is 0 Å². The molecule has 0 amide bonds. The van der Waals surface area contributed by atoms with E-state index in [1.54, 1.807) is 6.33 Å². The van der Waals surface area contributed by atoms with Gasteiger partial charge in [-0.2, -0.15) is 0 Å². The van der Waals surface area contributed by atoms with E-state index in [1.165, 1.54) is 11.9 Å². The molecular formula is C11H13N3O. The summed E-state index contributed by atoms with van der Waals surface area (Å²) in [4.78, 5) is 4.05. The minimum absolute atomic E-state index is 0.606. The molecule has 15 heavy (non-hydrogen) atoms. The smallest absolute Gasteiger partial charge is 0.144 e. The zero-order valence-electron chi connectivity index (χ0n) is 8.60. The number of hydrogen-bond donors (Lipinski definition) is 1. The fourth-order valence-corrected chi connectivity index (χ4v) is 1.48. The first-order valence-corrected chi connectivity index (χ1v) is 4.84. The number of imidazole rings is 1. The van der Waals surface area contributed by atoms with Crippen LogP contribution < -0.4 is 0 Å². The highest BCUT2D eigenvalue weighted by Gasteiger charge is 2.03. The van der Waals surface area contributed by atoms with Crippen LogP contribution in [0.3, 0.4) is 0 Å². The number of aromatic nitrogens is 2. The number of nitrogens with one attached hydrogen (secondary N) is 1. The molecule has 4 heteroatoms. The third kappa shape index (κ3) is 2.15. The third-order valence-corrected chi connectivity index (χ3v) is 2.37. The van der Waals surface area contributed by atoms with Gasteiger partial charge in [0.05, 0.1) is 12.5 Å². The summed E-state index contributed by atoms with van der Waals surface area (Å²) in [5.41, 5.74) is 1.18. The summed E-state index contributed by atoms with van der Waals surface area (Å²) in [6, 6.07) is 3.72. The molecule has 0 aliphatic heterocycles. The van der Waals surface area contributed by atoms with Gasteiger partial charge in [-0.1, -0.05) is 0 Å². The van der Waals surface area contributed by atoms with Gasteiger partial charge in [0.2, 0.25) is 0 Å². The Labute approximate surface area is 88.1 Å². The topological polar surface area (TPSA) is 54.8 Å². The number of furan rings is 1. The lowest BCUT2D eigenvalue weighted by Crippen LogP contribution is -1.96. The standard InChI is InChI=1S/C11H13N3O/c1-14-8-13-7-9(14)2-3-10-4-5-11(6-12)15-10/h4-8,12H,2-3H2,1H3. The lowest BCUT2D eigenvalue weighted by molar-refractivity contribution is 0.500. The van der Waals surface area contributed by atoms with Crippen LogP contribution in [0.25, 0.3) is 0 Å². The molecule has 0 atom stereocenters. The summed E-state index contributed by atoms with van der Waals surface area (Å²) in [5.74, 6) is 1.52. The second-order valence-corrected chi connectivity index (χ2v) is 3.44. The molecule has 0 saturated carbocycles. The SMILES string of the molecule is Cn1cncc1CCc1ccc(C=N)o1. The summed E-state index contributed by atoms with van der Waals surface area (Å²) in [7, 11) is 1.98. The molecule has 2 heterocycles. The van der Waals surface area contributed by atoms with Gasteiger partial charge >= 0.3 is 0 Å². The molecule has 1 N–H and O–H groups in total. The van der Waals surface area contributed by atoms with Crippen molar-refractivity contribution >= 4 is 6.21 Å². The van der Waals surface area contributed by atoms with Gasteiger partial charge in [0.25, 0.3) is 0 Å². The monoisotopic (exact) mass is 203 g/mol. The van der Waals surface area contributed by atoms with Crippen LogP contribution in [0, 0.1) is 5.41 Å². The van der Waals surface area contributed by atoms with Crippen molar-refractivity contribution in [2.75, 3.05) is 0 Å². The normalized spacial score (nSPS) is 10.5. The summed E-state index contributed by atoms with van der Waals surface area (Å²) in [5, 5.41) is 7.03. The van der Waals surface area contributed by atoms with Gasteiger partial charge in [0, 0.05) is 25.4 Å². The highest BCUT2D eigenvalue weighted by molar-refractivity contribution is 5.72. The molecule has 78 valence electrons. The molecule has 0 spiro atoms. The van der Waals surface area contributed by atoms with Gasteiger partial charge in [0.15, 0.2) is 0 Å². The Kier molecular flexibility index (Phi) is 2.67. The van der Waals surface area contributed by atoms with E-state index in [0.717, 1.165) is 18.6 Å². The molecular weight excluding hydrogens is 190 g/mol.